The number of carbonyl (C=O) groups is 2. The highest BCUT2D eigenvalue weighted by Gasteiger charge is 2.48. The predicted octanol–water partition coefficient (Wildman–Crippen LogP) is 5.14. The lowest BCUT2D eigenvalue weighted by Gasteiger charge is -2.42. The smallest absolute Gasteiger partial charge is 0.249 e. The average molecular weight is 662 g/mol. The minimum absolute atomic E-state index is 0.0994. The Kier molecular flexibility index (Phi) is 11.9. The Morgan fingerprint density at radius 3 is 2.40 bits per heavy atom. The van der Waals surface area contributed by atoms with Gasteiger partial charge in [-0.05, 0) is 90.6 Å². The maximum absolute atomic E-state index is 13.7. The quantitative estimate of drug-likeness (QED) is 0.245. The van der Waals surface area contributed by atoms with E-state index in [2.05, 4.69) is 34.0 Å². The Bertz CT molecular complexity index is 1220. The monoisotopic (exact) mass is 661 g/mol. The molecule has 0 aromatic heterocycles. The van der Waals surface area contributed by atoms with Crippen LogP contribution in [0.3, 0.4) is 0 Å². The van der Waals surface area contributed by atoms with Crippen molar-refractivity contribution in [2.45, 2.75) is 59.1 Å². The van der Waals surface area contributed by atoms with Crippen LogP contribution in [0, 0.1) is 20.7 Å². The SMILES string of the molecule is CCCN(CCC)C(=O)C1=CC(C)=CC(C(N)=O)([C@H](Cc2ccc(F)cc2)[C@@H](O)CNCc2cccc(I)c2)C1. The maximum atomic E-state index is 13.7. The second-order valence-electron chi connectivity index (χ2n) is 10.7. The lowest BCUT2D eigenvalue weighted by Crippen LogP contribution is -2.51. The van der Waals surface area contributed by atoms with Crippen molar-refractivity contribution in [2.24, 2.45) is 17.1 Å². The molecule has 0 heterocycles. The summed E-state index contributed by atoms with van der Waals surface area (Å²) in [5.41, 5.74) is 7.97. The fourth-order valence-corrected chi connectivity index (χ4v) is 6.21. The Balaban J connectivity index is 1.95. The fourth-order valence-electron chi connectivity index (χ4n) is 5.60. The van der Waals surface area contributed by atoms with E-state index < -0.39 is 23.3 Å². The standard InChI is InChI=1S/C32H41FIN3O3/c1-4-13-37(14-5-2)30(39)25-15-22(3)18-32(19-25,31(35)40)28(17-23-9-11-26(33)12-10-23)29(38)21-36-20-24-7-6-8-27(34)16-24/h6-12,15-16,18,28-29,36,38H,4-5,13-14,17,19-21H2,1-3H3,(H2,35,40)/t28-,29+,32?/m1/s1. The van der Waals surface area contributed by atoms with Crippen molar-refractivity contribution in [2.75, 3.05) is 19.6 Å². The number of allylic oxidation sites excluding steroid dienone is 2. The second kappa shape index (κ2) is 14.9. The first-order valence-electron chi connectivity index (χ1n) is 14.0. The molecule has 4 N–H and O–H groups in total. The first-order valence-corrected chi connectivity index (χ1v) is 15.0. The van der Waals surface area contributed by atoms with Crippen LogP contribution < -0.4 is 11.1 Å². The van der Waals surface area contributed by atoms with Crippen LogP contribution in [0.2, 0.25) is 0 Å². The number of carbonyl (C=O) groups excluding carboxylic acids is 2. The minimum Gasteiger partial charge on any atom is -0.391 e. The minimum atomic E-state index is -1.30. The van der Waals surface area contributed by atoms with Gasteiger partial charge in [-0.15, -0.1) is 0 Å². The zero-order valence-corrected chi connectivity index (χ0v) is 25.8. The number of amides is 2. The zero-order valence-electron chi connectivity index (χ0n) is 23.6. The van der Waals surface area contributed by atoms with Gasteiger partial charge >= 0.3 is 0 Å². The summed E-state index contributed by atoms with van der Waals surface area (Å²) in [5.74, 6) is -1.71. The van der Waals surface area contributed by atoms with Crippen molar-refractivity contribution >= 4 is 34.4 Å². The van der Waals surface area contributed by atoms with Crippen LogP contribution >= 0.6 is 22.6 Å². The van der Waals surface area contributed by atoms with Crippen molar-refractivity contribution in [1.29, 1.82) is 0 Å². The molecule has 0 bridgehead atoms. The van der Waals surface area contributed by atoms with Gasteiger partial charge in [-0.25, -0.2) is 4.39 Å². The molecule has 0 radical (unpaired) electrons. The molecular formula is C32H41FIN3O3. The summed E-state index contributed by atoms with van der Waals surface area (Å²) in [4.78, 5) is 28.8. The lowest BCUT2D eigenvalue weighted by molar-refractivity contribution is -0.132. The van der Waals surface area contributed by atoms with E-state index in [1.165, 1.54) is 12.1 Å². The van der Waals surface area contributed by atoms with Gasteiger partial charge in [-0.1, -0.05) is 55.8 Å². The van der Waals surface area contributed by atoms with Crippen LogP contribution in [0.1, 0.15) is 51.2 Å². The van der Waals surface area contributed by atoms with E-state index in [1.54, 1.807) is 12.1 Å². The van der Waals surface area contributed by atoms with Gasteiger partial charge in [0.25, 0.3) is 0 Å². The summed E-state index contributed by atoms with van der Waals surface area (Å²) in [5, 5.41) is 14.9. The Labute approximate surface area is 251 Å². The van der Waals surface area contributed by atoms with Crippen LogP contribution in [-0.2, 0) is 22.6 Å². The topological polar surface area (TPSA) is 95.7 Å². The summed E-state index contributed by atoms with van der Waals surface area (Å²) in [6, 6.07) is 14.1. The number of aliphatic hydroxyl groups is 1. The van der Waals surface area contributed by atoms with Crippen molar-refractivity contribution in [3.8, 4) is 0 Å². The fraction of sp³-hybridized carbons (Fsp3) is 0.438. The largest absolute Gasteiger partial charge is 0.391 e. The number of nitrogens with two attached hydrogens (primary N) is 1. The summed E-state index contributed by atoms with van der Waals surface area (Å²) in [7, 11) is 0. The highest BCUT2D eigenvalue weighted by Crippen LogP contribution is 2.44. The van der Waals surface area contributed by atoms with Crippen molar-refractivity contribution < 1.29 is 19.1 Å². The molecule has 2 aromatic carbocycles. The number of halogens is 2. The van der Waals surface area contributed by atoms with E-state index in [4.69, 9.17) is 5.73 Å². The average Bonchev–Trinajstić information content (AvgIpc) is 2.91. The zero-order chi connectivity index (χ0) is 29.3. The number of nitrogens with zero attached hydrogens (tertiary/aromatic N) is 1. The maximum Gasteiger partial charge on any atom is 0.249 e. The second-order valence-corrected chi connectivity index (χ2v) is 11.9. The first kappa shape index (κ1) is 32.0. The van der Waals surface area contributed by atoms with Gasteiger partial charge in [-0.2, -0.15) is 0 Å². The van der Waals surface area contributed by atoms with E-state index >= 15 is 0 Å². The number of hydrogen-bond donors (Lipinski definition) is 3. The molecule has 2 aromatic rings. The van der Waals surface area contributed by atoms with E-state index in [1.807, 2.05) is 56.0 Å². The number of primary amides is 1. The third kappa shape index (κ3) is 8.24. The van der Waals surface area contributed by atoms with Gasteiger partial charge in [-0.3, -0.25) is 9.59 Å². The van der Waals surface area contributed by atoms with Crippen molar-refractivity contribution in [3.05, 3.63) is 92.3 Å². The molecule has 0 spiro atoms. The molecule has 0 saturated heterocycles. The van der Waals surface area contributed by atoms with Gasteiger partial charge in [0.15, 0.2) is 0 Å². The van der Waals surface area contributed by atoms with Crippen LogP contribution in [0.5, 0.6) is 0 Å². The Hall–Kier alpha value is -2.56. The molecule has 8 heteroatoms. The molecule has 0 saturated carbocycles. The summed E-state index contributed by atoms with van der Waals surface area (Å²) < 4.78 is 14.8. The molecule has 1 unspecified atom stereocenters. The highest BCUT2D eigenvalue weighted by molar-refractivity contribution is 14.1. The third-order valence-electron chi connectivity index (χ3n) is 7.44. The van der Waals surface area contributed by atoms with Crippen molar-refractivity contribution in [1.82, 2.24) is 10.2 Å². The Morgan fingerprint density at radius 2 is 1.80 bits per heavy atom. The number of aliphatic hydroxyl groups excluding tert-OH is 1. The van der Waals surface area contributed by atoms with Crippen molar-refractivity contribution in [3.63, 3.8) is 0 Å². The van der Waals surface area contributed by atoms with E-state index in [0.717, 1.165) is 33.1 Å². The van der Waals surface area contributed by atoms with E-state index in [9.17, 15) is 19.1 Å². The highest BCUT2D eigenvalue weighted by atomic mass is 127. The molecule has 0 aliphatic heterocycles. The van der Waals surface area contributed by atoms with Gasteiger partial charge in [0, 0.05) is 41.2 Å². The number of hydrogen-bond acceptors (Lipinski definition) is 4. The molecule has 6 nitrogen and oxygen atoms in total. The number of nitrogens with one attached hydrogen (secondary N) is 1. The molecule has 2 amide bonds. The predicted molar refractivity (Wildman–Crippen MR) is 166 cm³/mol. The molecule has 1 aliphatic rings. The lowest BCUT2D eigenvalue weighted by atomic mass is 9.63. The van der Waals surface area contributed by atoms with Gasteiger partial charge < -0.3 is 21.1 Å². The van der Waals surface area contributed by atoms with E-state index in [0.29, 0.717) is 25.2 Å². The number of rotatable bonds is 14. The molecule has 3 rings (SSSR count). The van der Waals surface area contributed by atoms with Gasteiger partial charge in [0.2, 0.25) is 11.8 Å². The van der Waals surface area contributed by atoms with Crippen LogP contribution in [-0.4, -0.2) is 47.6 Å². The molecule has 1 aliphatic carbocycles. The summed E-state index contributed by atoms with van der Waals surface area (Å²) in [6.45, 7) is 7.92. The molecule has 40 heavy (non-hydrogen) atoms. The van der Waals surface area contributed by atoms with E-state index in [-0.39, 0.29) is 31.1 Å². The Morgan fingerprint density at radius 1 is 1.12 bits per heavy atom. The third-order valence-corrected chi connectivity index (χ3v) is 8.12. The molecular weight excluding hydrogens is 620 g/mol. The first-order chi connectivity index (χ1) is 19.1. The molecule has 216 valence electrons. The summed E-state index contributed by atoms with van der Waals surface area (Å²) in [6.07, 6.45) is 4.71. The van der Waals surface area contributed by atoms with Crippen LogP contribution in [0.4, 0.5) is 4.39 Å². The normalized spacial score (nSPS) is 18.4. The number of benzene rings is 2. The summed E-state index contributed by atoms with van der Waals surface area (Å²) >= 11 is 2.26. The van der Waals surface area contributed by atoms with Crippen LogP contribution in [0.25, 0.3) is 0 Å². The van der Waals surface area contributed by atoms with Crippen LogP contribution in [0.15, 0.2) is 71.8 Å². The van der Waals surface area contributed by atoms with Gasteiger partial charge in [0.1, 0.15) is 5.82 Å². The molecule has 0 fully saturated rings. The van der Waals surface area contributed by atoms with Gasteiger partial charge in [0.05, 0.1) is 11.5 Å². The molecule has 3 atom stereocenters.